The van der Waals surface area contributed by atoms with Crippen LogP contribution in [0.15, 0.2) is 0 Å². The maximum absolute atomic E-state index is 5.54. The van der Waals surface area contributed by atoms with Crippen LogP contribution in [0.4, 0.5) is 0 Å². The van der Waals surface area contributed by atoms with Crippen LogP contribution in [0.2, 0.25) is 5.28 Å². The van der Waals surface area contributed by atoms with Gasteiger partial charge in [-0.25, -0.2) is 0 Å². The van der Waals surface area contributed by atoms with Gasteiger partial charge in [0.25, 0.3) is 0 Å². The Kier molecular flexibility index (Phi) is 10.9. The minimum absolute atomic E-state index is 0.0110. The van der Waals surface area contributed by atoms with Gasteiger partial charge in [0, 0.05) is 0 Å². The maximum atomic E-state index is 5.54. The van der Waals surface area contributed by atoms with Crippen molar-refractivity contribution >= 4 is 16.3 Å². The van der Waals surface area contributed by atoms with Crippen LogP contribution < -0.4 is 0 Å². The van der Waals surface area contributed by atoms with Crippen LogP contribution >= 0.6 is 0 Å². The zero-order valence-electron chi connectivity index (χ0n) is 8.92. The van der Waals surface area contributed by atoms with Crippen molar-refractivity contribution in [3.63, 3.8) is 0 Å². The molecule has 0 aliphatic heterocycles. The van der Waals surface area contributed by atoms with E-state index in [0.717, 1.165) is 31.3 Å². The molecule has 0 amide bonds. The molecule has 0 saturated carbocycles. The van der Waals surface area contributed by atoms with E-state index in [4.69, 9.17) is 9.47 Å². The van der Waals surface area contributed by atoms with Gasteiger partial charge in [-0.3, -0.25) is 0 Å². The molecule has 0 unspecified atom stereocenters. The molecule has 0 radical (unpaired) electrons. The molecule has 0 N–H and O–H groups in total. The van der Waals surface area contributed by atoms with Gasteiger partial charge >= 0.3 is 90.1 Å². The van der Waals surface area contributed by atoms with Gasteiger partial charge in [0.1, 0.15) is 0 Å². The van der Waals surface area contributed by atoms with Crippen molar-refractivity contribution in [1.82, 2.24) is 0 Å². The van der Waals surface area contributed by atoms with E-state index in [1.807, 2.05) is 0 Å². The minimum atomic E-state index is -0.0110. The zero-order valence-corrected chi connectivity index (χ0v) is 10.1. The molecule has 0 aromatic rings. The molecule has 2 nitrogen and oxygen atoms in total. The first-order chi connectivity index (χ1) is 6.35. The SMILES string of the molecule is CCCCOC([CH2][Al+2])OCCCC. The van der Waals surface area contributed by atoms with Crippen LogP contribution in [0.25, 0.3) is 0 Å². The molecule has 0 spiro atoms. The second-order valence-corrected chi connectivity index (χ2v) is 3.59. The van der Waals surface area contributed by atoms with Crippen molar-refractivity contribution in [2.45, 2.75) is 51.1 Å². The van der Waals surface area contributed by atoms with E-state index in [-0.39, 0.29) is 6.29 Å². The third kappa shape index (κ3) is 8.77. The second-order valence-electron chi connectivity index (χ2n) is 3.11. The van der Waals surface area contributed by atoms with Gasteiger partial charge in [-0.15, -0.1) is 0 Å². The van der Waals surface area contributed by atoms with Crippen LogP contribution in [-0.4, -0.2) is 35.8 Å². The summed E-state index contributed by atoms with van der Waals surface area (Å²) in [5.74, 6) is 0. The number of rotatable bonds is 9. The Balaban J connectivity index is 3.28. The third-order valence-electron chi connectivity index (χ3n) is 1.80. The summed E-state index contributed by atoms with van der Waals surface area (Å²) < 4.78 is 11.1. The van der Waals surface area contributed by atoms with Crippen molar-refractivity contribution in [2.24, 2.45) is 0 Å². The predicted octanol–water partition coefficient (Wildman–Crippen LogP) is 2.53. The molecule has 0 aromatic carbocycles. The summed E-state index contributed by atoms with van der Waals surface area (Å²) in [5, 5.41) is 0.868. The Morgan fingerprint density at radius 3 is 1.77 bits per heavy atom. The fourth-order valence-corrected chi connectivity index (χ4v) is 1.17. The van der Waals surface area contributed by atoms with Gasteiger partial charge in [-0.2, -0.15) is 0 Å². The quantitative estimate of drug-likeness (QED) is 0.323. The second kappa shape index (κ2) is 10.5. The Morgan fingerprint density at radius 2 is 1.46 bits per heavy atom. The Hall–Kier alpha value is 0.452. The molecular formula is C10H21AlO2+2. The zero-order chi connectivity index (χ0) is 9.94. The van der Waals surface area contributed by atoms with Gasteiger partial charge in [-0.1, -0.05) is 0 Å². The number of hydrogen-bond acceptors (Lipinski definition) is 2. The topological polar surface area (TPSA) is 18.5 Å². The summed E-state index contributed by atoms with van der Waals surface area (Å²) in [5.41, 5.74) is 0. The first-order valence-electron chi connectivity index (χ1n) is 5.28. The average Bonchev–Trinajstić information content (AvgIpc) is 2.16. The fraction of sp³-hybridized carbons (Fsp3) is 1.00. The van der Waals surface area contributed by atoms with E-state index in [2.05, 4.69) is 30.1 Å². The van der Waals surface area contributed by atoms with E-state index in [1.54, 1.807) is 0 Å². The molecule has 74 valence electrons. The molecule has 0 heterocycles. The van der Waals surface area contributed by atoms with Crippen LogP contribution in [0.5, 0.6) is 0 Å². The normalized spacial score (nSPS) is 11.2. The summed E-state index contributed by atoms with van der Waals surface area (Å²) >= 11 is 2.66. The Labute approximate surface area is 90.4 Å². The van der Waals surface area contributed by atoms with E-state index in [0.29, 0.717) is 0 Å². The van der Waals surface area contributed by atoms with Crippen LogP contribution in [0.3, 0.4) is 0 Å². The van der Waals surface area contributed by atoms with Gasteiger partial charge < -0.3 is 0 Å². The van der Waals surface area contributed by atoms with E-state index >= 15 is 0 Å². The summed E-state index contributed by atoms with van der Waals surface area (Å²) in [6, 6.07) is 0. The third-order valence-corrected chi connectivity index (χ3v) is 2.18. The molecule has 13 heavy (non-hydrogen) atoms. The van der Waals surface area contributed by atoms with E-state index in [1.165, 1.54) is 12.8 Å². The molecule has 0 atom stereocenters. The summed E-state index contributed by atoms with van der Waals surface area (Å²) in [6.45, 7) is 5.97. The van der Waals surface area contributed by atoms with Gasteiger partial charge in [-0.05, 0) is 0 Å². The van der Waals surface area contributed by atoms with Crippen molar-refractivity contribution < 1.29 is 9.47 Å². The van der Waals surface area contributed by atoms with Crippen LogP contribution in [0, 0.1) is 0 Å². The van der Waals surface area contributed by atoms with E-state index in [9.17, 15) is 0 Å². The Morgan fingerprint density at radius 1 is 1.00 bits per heavy atom. The number of unbranched alkanes of at least 4 members (excludes halogenated alkanes) is 2. The predicted molar refractivity (Wildman–Crippen MR) is 56.1 cm³/mol. The van der Waals surface area contributed by atoms with Gasteiger partial charge in [0.15, 0.2) is 0 Å². The molecule has 0 bridgehead atoms. The number of hydrogen-bond donors (Lipinski definition) is 0. The Bertz CT molecular complexity index is 88.9. The molecule has 0 rings (SSSR count). The fourth-order valence-electron chi connectivity index (χ4n) is 0.902. The van der Waals surface area contributed by atoms with Gasteiger partial charge in [0.05, 0.1) is 0 Å². The van der Waals surface area contributed by atoms with Crippen LogP contribution in [0.1, 0.15) is 39.5 Å². The first-order valence-corrected chi connectivity index (χ1v) is 6.10. The monoisotopic (exact) mass is 200 g/mol. The van der Waals surface area contributed by atoms with E-state index < -0.39 is 0 Å². The number of ether oxygens (including phenoxy) is 2. The average molecular weight is 200 g/mol. The van der Waals surface area contributed by atoms with Gasteiger partial charge in [0.2, 0.25) is 0 Å². The summed E-state index contributed by atoms with van der Waals surface area (Å²) in [6.07, 6.45) is 4.59. The molecule has 0 fully saturated rings. The molecular weight excluding hydrogens is 179 g/mol. The molecule has 0 saturated heterocycles. The van der Waals surface area contributed by atoms with Crippen molar-refractivity contribution in [2.75, 3.05) is 13.2 Å². The molecule has 0 aromatic heterocycles. The molecule has 0 aliphatic carbocycles. The first kappa shape index (κ1) is 13.5. The van der Waals surface area contributed by atoms with Crippen molar-refractivity contribution in [3.05, 3.63) is 0 Å². The van der Waals surface area contributed by atoms with Crippen molar-refractivity contribution in [3.8, 4) is 0 Å². The van der Waals surface area contributed by atoms with Crippen molar-refractivity contribution in [1.29, 1.82) is 0 Å². The van der Waals surface area contributed by atoms with Crippen LogP contribution in [-0.2, 0) is 9.47 Å². The summed E-state index contributed by atoms with van der Waals surface area (Å²) in [7, 11) is 0. The molecule has 3 heteroatoms. The molecule has 0 aliphatic rings. The standard InChI is InChI=1S/C10H21O2.Al/c1-4-6-8-11-10(3)12-9-7-5-2;/h10H,3-9H2,1-2H3;/q;+2. The summed E-state index contributed by atoms with van der Waals surface area (Å²) in [4.78, 5) is 0.